The second-order valence-electron chi connectivity index (χ2n) is 6.69. The molecule has 3 rings (SSSR count). The van der Waals surface area contributed by atoms with Crippen LogP contribution in [0.5, 0.6) is 0 Å². The highest BCUT2D eigenvalue weighted by Gasteiger charge is 2.45. The van der Waals surface area contributed by atoms with Gasteiger partial charge in [0.1, 0.15) is 5.54 Å². The number of carbonyl (C=O) groups excluding carboxylic acids is 1. The summed E-state index contributed by atoms with van der Waals surface area (Å²) in [5.74, 6) is 1.41. The lowest BCUT2D eigenvalue weighted by atomic mass is 9.86. The SMILES string of the molecule is CCSC1CCC(N(C)C(=O)C2(n3cccn3)CCNCC2)C1.Cl. The third-order valence-corrected chi connectivity index (χ3v) is 6.63. The summed E-state index contributed by atoms with van der Waals surface area (Å²) in [6.07, 6.45) is 8.86. The summed E-state index contributed by atoms with van der Waals surface area (Å²) >= 11 is 2.04. The van der Waals surface area contributed by atoms with Crippen molar-refractivity contribution in [3.05, 3.63) is 18.5 Å². The van der Waals surface area contributed by atoms with E-state index in [1.165, 1.54) is 6.42 Å². The Morgan fingerprint density at radius 2 is 2.17 bits per heavy atom. The van der Waals surface area contributed by atoms with E-state index in [-0.39, 0.29) is 18.3 Å². The van der Waals surface area contributed by atoms with Crippen molar-refractivity contribution < 1.29 is 4.79 Å². The van der Waals surface area contributed by atoms with Crippen LogP contribution in [-0.2, 0) is 10.3 Å². The number of aromatic nitrogens is 2. The Bertz CT molecular complexity index is 519. The van der Waals surface area contributed by atoms with Crippen LogP contribution in [0.3, 0.4) is 0 Å². The molecule has 5 nitrogen and oxygen atoms in total. The molecule has 2 heterocycles. The van der Waals surface area contributed by atoms with Crippen molar-refractivity contribution in [2.75, 3.05) is 25.9 Å². The molecule has 2 unspecified atom stereocenters. The quantitative estimate of drug-likeness (QED) is 0.862. The van der Waals surface area contributed by atoms with Gasteiger partial charge in [0.05, 0.1) is 0 Å². The number of rotatable bonds is 5. The third-order valence-electron chi connectivity index (χ3n) is 5.40. The fourth-order valence-corrected chi connectivity index (χ4v) is 5.19. The monoisotopic (exact) mass is 372 g/mol. The number of hydrogen-bond donors (Lipinski definition) is 1. The van der Waals surface area contributed by atoms with Gasteiger partial charge in [0, 0.05) is 30.7 Å². The topological polar surface area (TPSA) is 50.2 Å². The van der Waals surface area contributed by atoms with Crippen molar-refractivity contribution in [2.24, 2.45) is 0 Å². The Kier molecular flexibility index (Phi) is 7.01. The second kappa shape index (κ2) is 8.59. The van der Waals surface area contributed by atoms with Gasteiger partial charge in [0.2, 0.25) is 0 Å². The predicted octanol–water partition coefficient (Wildman–Crippen LogP) is 2.52. The van der Waals surface area contributed by atoms with Crippen LogP contribution < -0.4 is 5.32 Å². The van der Waals surface area contributed by atoms with Gasteiger partial charge < -0.3 is 10.2 Å². The van der Waals surface area contributed by atoms with Gasteiger partial charge in [-0.15, -0.1) is 12.4 Å². The van der Waals surface area contributed by atoms with Crippen LogP contribution in [0.2, 0.25) is 0 Å². The van der Waals surface area contributed by atoms with Crippen LogP contribution in [0.25, 0.3) is 0 Å². The minimum atomic E-state index is -0.501. The van der Waals surface area contributed by atoms with Gasteiger partial charge >= 0.3 is 0 Å². The lowest BCUT2D eigenvalue weighted by molar-refractivity contribution is -0.143. The van der Waals surface area contributed by atoms with Crippen molar-refractivity contribution in [1.82, 2.24) is 20.0 Å². The van der Waals surface area contributed by atoms with Gasteiger partial charge in [-0.2, -0.15) is 16.9 Å². The van der Waals surface area contributed by atoms with Crippen molar-refractivity contribution >= 4 is 30.1 Å². The summed E-state index contributed by atoms with van der Waals surface area (Å²) in [5, 5.41) is 8.51. The molecule has 2 fully saturated rings. The van der Waals surface area contributed by atoms with Crippen molar-refractivity contribution in [2.45, 2.75) is 55.9 Å². The Balaban J connectivity index is 0.00000208. The molecular formula is C17H29ClN4OS. The highest BCUT2D eigenvalue weighted by Crippen LogP contribution is 2.35. The van der Waals surface area contributed by atoms with Crippen LogP contribution in [0, 0.1) is 0 Å². The molecule has 1 N–H and O–H groups in total. The molecule has 1 saturated carbocycles. The molecular weight excluding hydrogens is 344 g/mol. The van der Waals surface area contributed by atoms with Crippen LogP contribution in [0.1, 0.15) is 39.0 Å². The highest BCUT2D eigenvalue weighted by atomic mass is 35.5. The number of carbonyl (C=O) groups is 1. The number of thioether (sulfide) groups is 1. The molecule has 1 aromatic rings. The van der Waals surface area contributed by atoms with E-state index in [9.17, 15) is 4.79 Å². The molecule has 136 valence electrons. The average Bonchev–Trinajstić information content (AvgIpc) is 3.26. The number of hydrogen-bond acceptors (Lipinski definition) is 4. The molecule has 2 aliphatic rings. The van der Waals surface area contributed by atoms with E-state index < -0.39 is 5.54 Å². The summed E-state index contributed by atoms with van der Waals surface area (Å²) in [7, 11) is 2.00. The zero-order valence-electron chi connectivity index (χ0n) is 14.6. The number of nitrogens with zero attached hydrogens (tertiary/aromatic N) is 3. The first kappa shape index (κ1) is 19.6. The maximum atomic E-state index is 13.4. The van der Waals surface area contributed by atoms with Gasteiger partial charge in [-0.25, -0.2) is 0 Å². The number of halogens is 1. The molecule has 1 aliphatic heterocycles. The maximum absolute atomic E-state index is 13.4. The summed E-state index contributed by atoms with van der Waals surface area (Å²) in [6, 6.07) is 2.30. The molecule has 1 amide bonds. The molecule has 1 saturated heterocycles. The molecule has 0 spiro atoms. The van der Waals surface area contributed by atoms with E-state index >= 15 is 0 Å². The molecule has 7 heteroatoms. The Labute approximate surface area is 155 Å². The summed E-state index contributed by atoms with van der Waals surface area (Å²) in [5.41, 5.74) is -0.501. The van der Waals surface area contributed by atoms with Crippen molar-refractivity contribution in [3.63, 3.8) is 0 Å². The molecule has 24 heavy (non-hydrogen) atoms. The fraction of sp³-hybridized carbons (Fsp3) is 0.765. The van der Waals surface area contributed by atoms with Crippen LogP contribution in [0.4, 0.5) is 0 Å². The molecule has 0 radical (unpaired) electrons. The Morgan fingerprint density at radius 1 is 1.42 bits per heavy atom. The normalized spacial score (nSPS) is 25.9. The van der Waals surface area contributed by atoms with Crippen LogP contribution >= 0.6 is 24.2 Å². The van der Waals surface area contributed by atoms with Gasteiger partial charge in [0.15, 0.2) is 0 Å². The van der Waals surface area contributed by atoms with Gasteiger partial charge in [-0.3, -0.25) is 9.48 Å². The minimum absolute atomic E-state index is 0. The Hall–Kier alpha value is -0.720. The number of piperidine rings is 1. The average molecular weight is 373 g/mol. The van der Waals surface area contributed by atoms with Crippen molar-refractivity contribution in [3.8, 4) is 0 Å². The van der Waals surface area contributed by atoms with Crippen LogP contribution in [0.15, 0.2) is 18.5 Å². The number of nitrogens with one attached hydrogen (secondary N) is 1. The second-order valence-corrected chi connectivity index (χ2v) is 8.27. The molecule has 1 aromatic heterocycles. The van der Waals surface area contributed by atoms with E-state index in [0.717, 1.165) is 44.5 Å². The third kappa shape index (κ3) is 3.75. The minimum Gasteiger partial charge on any atom is -0.341 e. The van der Waals surface area contributed by atoms with E-state index in [0.29, 0.717) is 11.3 Å². The molecule has 1 aliphatic carbocycles. The van der Waals surface area contributed by atoms with Gasteiger partial charge in [-0.1, -0.05) is 6.92 Å². The summed E-state index contributed by atoms with van der Waals surface area (Å²) in [6.45, 7) is 3.96. The lowest BCUT2D eigenvalue weighted by Gasteiger charge is -2.40. The molecule has 2 atom stereocenters. The largest absolute Gasteiger partial charge is 0.341 e. The predicted molar refractivity (Wildman–Crippen MR) is 102 cm³/mol. The van der Waals surface area contributed by atoms with Crippen LogP contribution in [-0.4, -0.2) is 57.8 Å². The standard InChI is InChI=1S/C17H28N4OS.ClH/c1-3-23-15-6-5-14(13-15)20(2)16(22)17(7-10-18-11-8-17)21-12-4-9-19-21;/h4,9,12,14-15,18H,3,5-8,10-11,13H2,1-2H3;1H. The highest BCUT2D eigenvalue weighted by molar-refractivity contribution is 7.99. The van der Waals surface area contributed by atoms with Crippen molar-refractivity contribution in [1.29, 1.82) is 0 Å². The zero-order valence-corrected chi connectivity index (χ0v) is 16.2. The number of amides is 1. The lowest BCUT2D eigenvalue weighted by Crippen LogP contribution is -2.56. The van der Waals surface area contributed by atoms with E-state index in [4.69, 9.17) is 0 Å². The zero-order chi connectivity index (χ0) is 16.3. The summed E-state index contributed by atoms with van der Waals surface area (Å²) < 4.78 is 1.90. The molecule has 0 aromatic carbocycles. The fourth-order valence-electron chi connectivity index (χ4n) is 4.05. The first-order valence-electron chi connectivity index (χ1n) is 8.77. The number of likely N-dealkylation sites (N-methyl/N-ethyl adjacent to an activating group) is 1. The van der Waals surface area contributed by atoms with Gasteiger partial charge in [-0.05, 0) is 57.0 Å². The van der Waals surface area contributed by atoms with E-state index in [1.54, 1.807) is 6.20 Å². The summed E-state index contributed by atoms with van der Waals surface area (Å²) in [4.78, 5) is 15.4. The maximum Gasteiger partial charge on any atom is 0.250 e. The van der Waals surface area contributed by atoms with E-state index in [2.05, 4.69) is 17.3 Å². The molecule has 0 bridgehead atoms. The first-order valence-corrected chi connectivity index (χ1v) is 9.82. The first-order chi connectivity index (χ1) is 11.2. The smallest absolute Gasteiger partial charge is 0.250 e. The van der Waals surface area contributed by atoms with Gasteiger partial charge in [0.25, 0.3) is 5.91 Å². The van der Waals surface area contributed by atoms with E-state index in [1.807, 2.05) is 40.7 Å². The Morgan fingerprint density at radius 3 is 2.79 bits per heavy atom.